The van der Waals surface area contributed by atoms with Gasteiger partial charge in [-0.25, -0.2) is 0 Å². The molecule has 1 aliphatic rings. The molecule has 0 bridgehead atoms. The number of carbonyl (C=O) groups excluding carboxylic acids is 1. The van der Waals surface area contributed by atoms with Crippen LogP contribution in [0.5, 0.6) is 0 Å². The van der Waals surface area contributed by atoms with Crippen LogP contribution in [0.15, 0.2) is 18.2 Å². The lowest BCUT2D eigenvalue weighted by molar-refractivity contribution is 0.0928. The van der Waals surface area contributed by atoms with Crippen molar-refractivity contribution in [1.82, 2.24) is 10.3 Å². The molecule has 100 valence electrons. The van der Waals surface area contributed by atoms with E-state index in [9.17, 15) is 4.79 Å². The third kappa shape index (κ3) is 2.19. The first-order chi connectivity index (χ1) is 9.16. The maximum atomic E-state index is 12.7. The first kappa shape index (κ1) is 12.4. The molecule has 1 unspecified atom stereocenters. The predicted molar refractivity (Wildman–Crippen MR) is 77.7 cm³/mol. The lowest BCUT2D eigenvalue weighted by Gasteiger charge is -2.22. The van der Waals surface area contributed by atoms with E-state index in [-0.39, 0.29) is 11.8 Å². The number of H-pyrrole nitrogens is 1. The molecule has 2 heterocycles. The molecular weight excluding hydrogens is 236 g/mol. The Kier molecular flexibility index (Phi) is 3.15. The average molecular weight is 256 g/mol. The van der Waals surface area contributed by atoms with Crippen molar-refractivity contribution >= 4 is 16.7 Å². The monoisotopic (exact) mass is 256 g/mol. The van der Waals surface area contributed by atoms with Crippen LogP contribution < -0.4 is 5.32 Å². The van der Waals surface area contributed by atoms with Gasteiger partial charge in [-0.3, -0.25) is 4.79 Å². The Hall–Kier alpha value is -1.61. The molecule has 1 aromatic carbocycles. The van der Waals surface area contributed by atoms with E-state index in [2.05, 4.69) is 35.4 Å². The van der Waals surface area contributed by atoms with Gasteiger partial charge in [0.25, 0.3) is 0 Å². The van der Waals surface area contributed by atoms with Crippen LogP contribution >= 0.6 is 0 Å². The summed E-state index contributed by atoms with van der Waals surface area (Å²) in [5, 5.41) is 4.41. The summed E-state index contributed by atoms with van der Waals surface area (Å²) in [6.07, 6.45) is 3.27. The van der Waals surface area contributed by atoms with Crippen LogP contribution in [0, 0.1) is 13.8 Å². The molecule has 0 spiro atoms. The van der Waals surface area contributed by atoms with Crippen molar-refractivity contribution in [2.24, 2.45) is 0 Å². The molecule has 3 rings (SSSR count). The van der Waals surface area contributed by atoms with E-state index in [4.69, 9.17) is 0 Å². The highest BCUT2D eigenvalue weighted by molar-refractivity contribution is 6.11. The minimum absolute atomic E-state index is 0.00744. The number of nitrogens with one attached hydrogen (secondary N) is 2. The molecule has 1 saturated heterocycles. The molecule has 1 fully saturated rings. The van der Waals surface area contributed by atoms with Crippen LogP contribution in [-0.4, -0.2) is 23.4 Å². The number of carbonyl (C=O) groups is 1. The van der Waals surface area contributed by atoms with E-state index in [1.165, 1.54) is 12.0 Å². The number of Topliss-reactive ketones (excluding diaryl/α,β-unsaturated/α-hetero) is 1. The fourth-order valence-corrected chi connectivity index (χ4v) is 3.01. The number of aromatic amines is 1. The van der Waals surface area contributed by atoms with Crippen LogP contribution in [0.1, 0.15) is 40.9 Å². The Labute approximate surface area is 113 Å². The van der Waals surface area contributed by atoms with Gasteiger partial charge in [-0.1, -0.05) is 18.1 Å². The Morgan fingerprint density at radius 3 is 2.84 bits per heavy atom. The fraction of sp³-hybridized carbons (Fsp3) is 0.438. The van der Waals surface area contributed by atoms with Gasteiger partial charge in [0.2, 0.25) is 0 Å². The fourth-order valence-electron chi connectivity index (χ4n) is 3.01. The highest BCUT2D eigenvalue weighted by atomic mass is 16.1. The van der Waals surface area contributed by atoms with E-state index < -0.39 is 0 Å². The summed E-state index contributed by atoms with van der Waals surface area (Å²) in [7, 11) is 0. The summed E-state index contributed by atoms with van der Waals surface area (Å²) in [4.78, 5) is 16.1. The summed E-state index contributed by atoms with van der Waals surface area (Å²) in [6.45, 7) is 5.01. The number of hydrogen-bond donors (Lipinski definition) is 2. The van der Waals surface area contributed by atoms with Gasteiger partial charge < -0.3 is 10.3 Å². The second kappa shape index (κ2) is 4.82. The van der Waals surface area contributed by atoms with E-state index in [0.717, 1.165) is 41.5 Å². The van der Waals surface area contributed by atoms with Gasteiger partial charge in [-0.05, 0) is 45.4 Å². The van der Waals surface area contributed by atoms with Gasteiger partial charge >= 0.3 is 0 Å². The van der Waals surface area contributed by atoms with Crippen molar-refractivity contribution < 1.29 is 4.79 Å². The van der Waals surface area contributed by atoms with E-state index in [1.54, 1.807) is 0 Å². The van der Waals surface area contributed by atoms with Crippen molar-refractivity contribution in [3.05, 3.63) is 35.0 Å². The Bertz CT molecular complexity index is 621. The van der Waals surface area contributed by atoms with Crippen molar-refractivity contribution in [3.63, 3.8) is 0 Å². The lowest BCUT2D eigenvalue weighted by atomic mass is 9.94. The quantitative estimate of drug-likeness (QED) is 0.811. The van der Waals surface area contributed by atoms with Crippen LogP contribution in [0.4, 0.5) is 0 Å². The predicted octanol–water partition coefficient (Wildman–Crippen LogP) is 3.11. The van der Waals surface area contributed by atoms with Crippen LogP contribution in [0.2, 0.25) is 0 Å². The Morgan fingerprint density at radius 1 is 1.26 bits per heavy atom. The average Bonchev–Trinajstić information content (AvgIpc) is 2.74. The normalized spacial score (nSPS) is 19.8. The molecule has 0 amide bonds. The summed E-state index contributed by atoms with van der Waals surface area (Å²) in [6, 6.07) is 6.23. The number of benzene rings is 1. The molecular formula is C16H20N2O. The number of hydrogen-bond acceptors (Lipinski definition) is 2. The molecule has 1 aliphatic heterocycles. The minimum Gasteiger partial charge on any atom is -0.358 e. The largest absolute Gasteiger partial charge is 0.358 e. The zero-order chi connectivity index (χ0) is 13.4. The number of ketones is 1. The van der Waals surface area contributed by atoms with E-state index in [1.807, 2.05) is 6.92 Å². The molecule has 3 nitrogen and oxygen atoms in total. The van der Waals surface area contributed by atoms with Gasteiger partial charge in [0.1, 0.15) is 0 Å². The molecule has 0 aliphatic carbocycles. The maximum Gasteiger partial charge on any atom is 0.182 e. The number of fused-ring (bicyclic) bond motifs is 1. The van der Waals surface area contributed by atoms with Crippen molar-refractivity contribution in [2.75, 3.05) is 6.54 Å². The molecule has 0 saturated carbocycles. The summed E-state index contributed by atoms with van der Waals surface area (Å²) < 4.78 is 0. The van der Waals surface area contributed by atoms with Crippen molar-refractivity contribution in [2.45, 2.75) is 39.2 Å². The molecule has 2 aromatic rings. The lowest BCUT2D eigenvalue weighted by Crippen LogP contribution is -2.40. The first-order valence-electron chi connectivity index (χ1n) is 7.03. The number of piperidine rings is 1. The number of aromatic nitrogens is 1. The molecule has 3 heteroatoms. The molecule has 2 N–H and O–H groups in total. The van der Waals surface area contributed by atoms with E-state index in [0.29, 0.717) is 0 Å². The smallest absolute Gasteiger partial charge is 0.182 e. The zero-order valence-corrected chi connectivity index (χ0v) is 11.5. The Balaban J connectivity index is 2.05. The number of aryl methyl sites for hydroxylation is 2. The summed E-state index contributed by atoms with van der Waals surface area (Å²) >= 11 is 0. The van der Waals surface area contributed by atoms with Crippen molar-refractivity contribution in [1.29, 1.82) is 0 Å². The van der Waals surface area contributed by atoms with Gasteiger partial charge in [-0.2, -0.15) is 0 Å². The van der Waals surface area contributed by atoms with Crippen LogP contribution in [-0.2, 0) is 0 Å². The van der Waals surface area contributed by atoms with E-state index >= 15 is 0 Å². The molecule has 19 heavy (non-hydrogen) atoms. The molecule has 0 radical (unpaired) electrons. The highest BCUT2D eigenvalue weighted by Gasteiger charge is 2.25. The molecule has 1 atom stereocenters. The van der Waals surface area contributed by atoms with Crippen LogP contribution in [0.25, 0.3) is 10.9 Å². The topological polar surface area (TPSA) is 44.9 Å². The first-order valence-corrected chi connectivity index (χ1v) is 7.03. The second-order valence-corrected chi connectivity index (χ2v) is 5.54. The standard InChI is InChI=1S/C16H20N2O/c1-10-6-7-13-12(9-10)15(11(2)18-13)16(19)14-5-3-4-8-17-14/h6-7,9,14,17-18H,3-5,8H2,1-2H3. The molecule has 1 aromatic heterocycles. The SMILES string of the molecule is Cc1ccc2[nH]c(C)c(C(=O)C3CCCCN3)c2c1. The van der Waals surface area contributed by atoms with Crippen molar-refractivity contribution in [3.8, 4) is 0 Å². The highest BCUT2D eigenvalue weighted by Crippen LogP contribution is 2.26. The number of rotatable bonds is 2. The summed E-state index contributed by atoms with van der Waals surface area (Å²) in [5.74, 6) is 0.244. The minimum atomic E-state index is -0.00744. The third-order valence-electron chi connectivity index (χ3n) is 4.01. The Morgan fingerprint density at radius 2 is 2.11 bits per heavy atom. The summed E-state index contributed by atoms with van der Waals surface area (Å²) in [5.41, 5.74) is 4.11. The van der Waals surface area contributed by atoms with Gasteiger partial charge in [0, 0.05) is 22.2 Å². The van der Waals surface area contributed by atoms with Crippen LogP contribution in [0.3, 0.4) is 0 Å². The van der Waals surface area contributed by atoms with Gasteiger partial charge in [0.05, 0.1) is 6.04 Å². The zero-order valence-electron chi connectivity index (χ0n) is 11.5. The van der Waals surface area contributed by atoms with Gasteiger partial charge in [-0.15, -0.1) is 0 Å². The maximum absolute atomic E-state index is 12.7. The van der Waals surface area contributed by atoms with Gasteiger partial charge in [0.15, 0.2) is 5.78 Å². The third-order valence-corrected chi connectivity index (χ3v) is 4.01. The second-order valence-electron chi connectivity index (χ2n) is 5.54.